The third-order valence-corrected chi connectivity index (χ3v) is 0.760. The number of rotatable bonds is 3. The van der Waals surface area contributed by atoms with Gasteiger partial charge in [-0.05, 0) is 20.8 Å². The fourth-order valence-corrected chi connectivity index (χ4v) is 0.508. The molecule has 0 unspecified atom stereocenters. The van der Waals surface area contributed by atoms with E-state index in [1.54, 1.807) is 13.8 Å². The molecule has 0 saturated carbocycles. The molecule has 0 aromatic rings. The van der Waals surface area contributed by atoms with Crippen LogP contribution in [0.25, 0.3) is 0 Å². The average Bonchev–Trinajstić information content (AvgIpc) is 1.58. The molecule has 0 saturated heterocycles. The summed E-state index contributed by atoms with van der Waals surface area (Å²) in [7, 11) is 0. The van der Waals surface area contributed by atoms with Crippen LogP contribution in [0, 0.1) is 0 Å². The van der Waals surface area contributed by atoms with E-state index < -0.39 is 5.97 Å². The maximum Gasteiger partial charge on any atom is 4.00 e. The molecule has 0 aromatic carbocycles. The molecule has 0 N–H and O–H groups in total. The Morgan fingerprint density at radius 2 is 1.82 bits per heavy atom. The Morgan fingerprint density at radius 3 is 2.09 bits per heavy atom. The molecule has 0 amide bonds. The molecule has 0 aliphatic rings. The number of carbonyl (C=O) groups excluding carboxylic acids is 2. The Labute approximate surface area is 85.6 Å². The second-order valence-corrected chi connectivity index (χ2v) is 2.42. The van der Waals surface area contributed by atoms with Gasteiger partial charge in [0.2, 0.25) is 0 Å². The van der Waals surface area contributed by atoms with E-state index in [9.17, 15) is 9.59 Å². The van der Waals surface area contributed by atoms with Crippen molar-refractivity contribution in [2.24, 2.45) is 0 Å². The molecule has 0 heterocycles. The molecule has 0 spiro atoms. The smallest absolute Gasteiger partial charge is 0.463 e. The zero-order valence-corrected chi connectivity index (χ0v) is 9.47. The zero-order chi connectivity index (χ0) is 8.15. The molecule has 0 atom stereocenters. The van der Waals surface area contributed by atoms with Crippen LogP contribution < -0.4 is 0 Å². The summed E-state index contributed by atoms with van der Waals surface area (Å²) in [4.78, 5) is 21.0. The van der Waals surface area contributed by atoms with Crippen molar-refractivity contribution in [3.8, 4) is 0 Å². The SMILES string of the molecule is CC(=O)CC(=O)OC(C)C.[Zr+4]. The second-order valence-electron chi connectivity index (χ2n) is 2.42. The molecule has 3 nitrogen and oxygen atoms in total. The molecule has 58 valence electrons. The number of hydrogen-bond acceptors (Lipinski definition) is 3. The van der Waals surface area contributed by atoms with Gasteiger partial charge in [-0.3, -0.25) is 9.59 Å². The van der Waals surface area contributed by atoms with Gasteiger partial charge < -0.3 is 4.74 Å². The van der Waals surface area contributed by atoms with Gasteiger partial charge in [-0.1, -0.05) is 0 Å². The molecular formula is C7H12O3Zr+4. The molecule has 0 bridgehead atoms. The molecule has 4 heteroatoms. The minimum Gasteiger partial charge on any atom is -0.463 e. The van der Waals surface area contributed by atoms with Crippen LogP contribution in [0.2, 0.25) is 0 Å². The van der Waals surface area contributed by atoms with Crippen LogP contribution in [0.1, 0.15) is 27.2 Å². The fraction of sp³-hybridized carbons (Fsp3) is 0.714. The number of ether oxygens (including phenoxy) is 1. The summed E-state index contributed by atoms with van der Waals surface area (Å²) in [6, 6.07) is 0. The van der Waals surface area contributed by atoms with Crippen LogP contribution in [-0.4, -0.2) is 17.9 Å². The second kappa shape index (κ2) is 6.72. The van der Waals surface area contributed by atoms with Gasteiger partial charge in [0.25, 0.3) is 0 Å². The first-order chi connectivity index (χ1) is 4.52. The van der Waals surface area contributed by atoms with Crippen molar-refractivity contribution in [3.05, 3.63) is 0 Å². The predicted octanol–water partition coefficient (Wildman–Crippen LogP) is 0.915. The Kier molecular flexibility index (Phi) is 8.30. The van der Waals surface area contributed by atoms with Gasteiger partial charge in [-0.2, -0.15) is 0 Å². The minimum absolute atomic E-state index is 0. The van der Waals surface area contributed by atoms with E-state index in [1.165, 1.54) is 6.92 Å². The summed E-state index contributed by atoms with van der Waals surface area (Å²) in [5.74, 6) is -0.604. The average molecular weight is 235 g/mol. The van der Waals surface area contributed by atoms with Gasteiger partial charge >= 0.3 is 32.2 Å². The maximum atomic E-state index is 10.6. The van der Waals surface area contributed by atoms with Gasteiger partial charge in [0.05, 0.1) is 6.10 Å². The van der Waals surface area contributed by atoms with Gasteiger partial charge in [0, 0.05) is 0 Å². The van der Waals surface area contributed by atoms with Crippen molar-refractivity contribution >= 4 is 11.8 Å². The molecular weight excluding hydrogens is 223 g/mol. The first-order valence-electron chi connectivity index (χ1n) is 3.21. The maximum absolute atomic E-state index is 10.6. The first kappa shape index (κ1) is 13.6. The van der Waals surface area contributed by atoms with Crippen LogP contribution in [0.5, 0.6) is 0 Å². The van der Waals surface area contributed by atoms with Gasteiger partial charge in [-0.15, -0.1) is 0 Å². The Hall–Kier alpha value is 0.0231. The van der Waals surface area contributed by atoms with Gasteiger partial charge in [-0.25, -0.2) is 0 Å². The van der Waals surface area contributed by atoms with E-state index >= 15 is 0 Å². The predicted molar refractivity (Wildman–Crippen MR) is 36.5 cm³/mol. The van der Waals surface area contributed by atoms with Crippen molar-refractivity contribution in [1.29, 1.82) is 0 Å². The van der Waals surface area contributed by atoms with Crippen LogP contribution >= 0.6 is 0 Å². The molecule has 0 rings (SSSR count). The molecule has 0 aliphatic carbocycles. The third kappa shape index (κ3) is 10.0. The van der Waals surface area contributed by atoms with Crippen molar-refractivity contribution < 1.29 is 40.5 Å². The number of carbonyl (C=O) groups is 2. The number of hydrogen-bond donors (Lipinski definition) is 0. The Morgan fingerprint density at radius 1 is 1.36 bits per heavy atom. The van der Waals surface area contributed by atoms with Crippen molar-refractivity contribution in [1.82, 2.24) is 0 Å². The summed E-state index contributed by atoms with van der Waals surface area (Å²) < 4.78 is 4.70. The summed E-state index contributed by atoms with van der Waals surface area (Å²) in [6.45, 7) is 4.86. The van der Waals surface area contributed by atoms with E-state index in [2.05, 4.69) is 0 Å². The van der Waals surface area contributed by atoms with E-state index in [0.717, 1.165) is 0 Å². The van der Waals surface area contributed by atoms with E-state index in [4.69, 9.17) is 4.74 Å². The minimum atomic E-state index is -0.442. The van der Waals surface area contributed by atoms with E-state index in [0.29, 0.717) is 0 Å². The van der Waals surface area contributed by atoms with E-state index in [1.807, 2.05) is 0 Å². The summed E-state index contributed by atoms with van der Waals surface area (Å²) in [5, 5.41) is 0. The van der Waals surface area contributed by atoms with Crippen LogP contribution in [-0.2, 0) is 40.5 Å². The summed E-state index contributed by atoms with van der Waals surface area (Å²) in [6.07, 6.45) is -0.245. The Bertz CT molecular complexity index is 143. The van der Waals surface area contributed by atoms with Crippen LogP contribution in [0.4, 0.5) is 0 Å². The van der Waals surface area contributed by atoms with Crippen LogP contribution in [0.15, 0.2) is 0 Å². The topological polar surface area (TPSA) is 43.4 Å². The van der Waals surface area contributed by atoms with E-state index in [-0.39, 0.29) is 44.5 Å². The number of Topliss-reactive ketones (excluding diaryl/α,β-unsaturated/α-hetero) is 1. The quantitative estimate of drug-likeness (QED) is 0.539. The first-order valence-corrected chi connectivity index (χ1v) is 3.21. The molecule has 0 aromatic heterocycles. The molecule has 0 fully saturated rings. The normalized spacial score (nSPS) is 8.73. The molecule has 11 heavy (non-hydrogen) atoms. The number of ketones is 1. The summed E-state index contributed by atoms with van der Waals surface area (Å²) >= 11 is 0. The third-order valence-electron chi connectivity index (χ3n) is 0.760. The van der Waals surface area contributed by atoms with Gasteiger partial charge in [0.1, 0.15) is 12.2 Å². The van der Waals surface area contributed by atoms with Crippen molar-refractivity contribution in [2.45, 2.75) is 33.3 Å². The largest absolute Gasteiger partial charge is 4.00 e. The monoisotopic (exact) mass is 234 g/mol. The molecule has 0 radical (unpaired) electrons. The fourth-order valence-electron chi connectivity index (χ4n) is 0.508. The Balaban J connectivity index is 0. The molecule has 0 aliphatic heterocycles. The standard InChI is InChI=1S/C7H12O3.Zr/c1-5(2)10-7(9)4-6(3)8;/h5H,4H2,1-3H3;/q;+4. The number of esters is 1. The van der Waals surface area contributed by atoms with Crippen molar-refractivity contribution in [2.75, 3.05) is 0 Å². The van der Waals surface area contributed by atoms with Crippen molar-refractivity contribution in [3.63, 3.8) is 0 Å². The summed E-state index contributed by atoms with van der Waals surface area (Å²) in [5.41, 5.74) is 0. The van der Waals surface area contributed by atoms with Gasteiger partial charge in [0.15, 0.2) is 0 Å². The van der Waals surface area contributed by atoms with Crippen LogP contribution in [0.3, 0.4) is 0 Å². The zero-order valence-electron chi connectivity index (χ0n) is 7.01.